The van der Waals surface area contributed by atoms with Gasteiger partial charge in [-0.3, -0.25) is 9.89 Å². The summed E-state index contributed by atoms with van der Waals surface area (Å²) in [5.41, 5.74) is 1.02. The van der Waals surface area contributed by atoms with Crippen LogP contribution in [0, 0.1) is 12.3 Å². The predicted molar refractivity (Wildman–Crippen MR) is 68.6 cm³/mol. The van der Waals surface area contributed by atoms with E-state index >= 15 is 0 Å². The van der Waals surface area contributed by atoms with Gasteiger partial charge in [-0.15, -0.1) is 12.3 Å². The summed E-state index contributed by atoms with van der Waals surface area (Å²) < 4.78 is 0. The number of hydrogen-bond acceptors (Lipinski definition) is 2. The van der Waals surface area contributed by atoms with Crippen LogP contribution in [-0.4, -0.2) is 16.1 Å². The molecule has 0 aliphatic carbocycles. The van der Waals surface area contributed by atoms with Crippen molar-refractivity contribution in [2.24, 2.45) is 0 Å². The van der Waals surface area contributed by atoms with Crippen molar-refractivity contribution in [2.45, 2.75) is 45.4 Å². The highest BCUT2D eigenvalue weighted by atomic mass is 16.1. The lowest BCUT2D eigenvalue weighted by Gasteiger charge is -2.00. The van der Waals surface area contributed by atoms with Crippen molar-refractivity contribution in [1.82, 2.24) is 10.2 Å². The van der Waals surface area contributed by atoms with Crippen LogP contribution in [0.1, 0.15) is 51.1 Å². The van der Waals surface area contributed by atoms with Crippen LogP contribution < -0.4 is 5.32 Å². The number of nitrogens with zero attached hydrogens (tertiary/aromatic N) is 1. The molecular weight excluding hydrogens is 214 g/mol. The third kappa shape index (κ3) is 4.73. The fraction of sp³-hybridized carbons (Fsp3) is 0.538. The van der Waals surface area contributed by atoms with Crippen molar-refractivity contribution >= 4 is 11.7 Å². The first-order valence-corrected chi connectivity index (χ1v) is 5.92. The lowest BCUT2D eigenvalue weighted by atomic mass is 10.1. The molecule has 0 saturated carbocycles. The van der Waals surface area contributed by atoms with E-state index in [1.807, 2.05) is 6.07 Å². The Balaban J connectivity index is 2.32. The lowest BCUT2D eigenvalue weighted by Crippen LogP contribution is -2.11. The topological polar surface area (TPSA) is 57.8 Å². The Morgan fingerprint density at radius 2 is 2.35 bits per heavy atom. The minimum atomic E-state index is -0.0103. The molecule has 0 aromatic carbocycles. The van der Waals surface area contributed by atoms with Gasteiger partial charge in [-0.2, -0.15) is 5.10 Å². The van der Waals surface area contributed by atoms with Gasteiger partial charge in [-0.1, -0.05) is 13.8 Å². The summed E-state index contributed by atoms with van der Waals surface area (Å²) in [6.45, 7) is 4.14. The standard InChI is InChI=1S/C13H19N3O/c1-4-5-6-7-8-13(17)14-12-9-11(10(2)3)15-16-12/h1,9-10H,5-8H2,2-3H3,(H2,14,15,16,17). The van der Waals surface area contributed by atoms with Crippen LogP contribution in [0.4, 0.5) is 5.82 Å². The van der Waals surface area contributed by atoms with Crippen molar-refractivity contribution < 1.29 is 4.79 Å². The first-order chi connectivity index (χ1) is 8.13. The molecule has 0 fully saturated rings. The molecule has 0 aliphatic heterocycles. The molecule has 0 spiro atoms. The first-order valence-electron chi connectivity index (χ1n) is 5.92. The van der Waals surface area contributed by atoms with Crippen LogP contribution >= 0.6 is 0 Å². The molecule has 0 unspecified atom stereocenters. The smallest absolute Gasteiger partial charge is 0.225 e. The molecule has 1 aromatic rings. The molecular formula is C13H19N3O. The molecule has 4 heteroatoms. The van der Waals surface area contributed by atoms with Gasteiger partial charge in [0.25, 0.3) is 0 Å². The molecule has 1 rings (SSSR count). The number of nitrogens with one attached hydrogen (secondary N) is 2. The molecule has 2 N–H and O–H groups in total. The number of rotatable bonds is 6. The third-order valence-electron chi connectivity index (χ3n) is 2.46. The summed E-state index contributed by atoms with van der Waals surface area (Å²) in [6.07, 6.45) is 8.06. The van der Waals surface area contributed by atoms with Crippen molar-refractivity contribution in [1.29, 1.82) is 0 Å². The average molecular weight is 233 g/mol. The van der Waals surface area contributed by atoms with Gasteiger partial charge in [-0.25, -0.2) is 0 Å². The van der Waals surface area contributed by atoms with E-state index < -0.39 is 0 Å². The maximum atomic E-state index is 11.5. The monoisotopic (exact) mass is 233 g/mol. The molecule has 0 atom stereocenters. The van der Waals surface area contributed by atoms with Crippen molar-refractivity contribution in [3.63, 3.8) is 0 Å². The number of hydrogen-bond donors (Lipinski definition) is 2. The number of aromatic nitrogens is 2. The van der Waals surface area contributed by atoms with Crippen LogP contribution in [0.25, 0.3) is 0 Å². The highest BCUT2D eigenvalue weighted by Gasteiger charge is 2.07. The van der Waals surface area contributed by atoms with Crippen molar-refractivity contribution in [3.8, 4) is 12.3 Å². The van der Waals surface area contributed by atoms with Gasteiger partial charge >= 0.3 is 0 Å². The largest absolute Gasteiger partial charge is 0.309 e. The van der Waals surface area contributed by atoms with E-state index in [2.05, 4.69) is 35.3 Å². The number of amides is 1. The molecule has 0 saturated heterocycles. The van der Waals surface area contributed by atoms with Gasteiger partial charge in [0.2, 0.25) is 5.91 Å². The zero-order chi connectivity index (χ0) is 12.7. The fourth-order valence-corrected chi connectivity index (χ4v) is 1.41. The lowest BCUT2D eigenvalue weighted by molar-refractivity contribution is -0.116. The molecule has 0 aliphatic rings. The van der Waals surface area contributed by atoms with E-state index in [0.29, 0.717) is 18.2 Å². The van der Waals surface area contributed by atoms with Gasteiger partial charge < -0.3 is 5.32 Å². The summed E-state index contributed by atoms with van der Waals surface area (Å²) in [4.78, 5) is 11.5. The minimum absolute atomic E-state index is 0.0103. The Kier molecular flexibility index (Phi) is 5.28. The summed E-state index contributed by atoms with van der Waals surface area (Å²) in [5.74, 6) is 3.52. The van der Waals surface area contributed by atoms with Gasteiger partial charge in [0, 0.05) is 24.6 Å². The van der Waals surface area contributed by atoms with E-state index in [9.17, 15) is 4.79 Å². The summed E-state index contributed by atoms with van der Waals surface area (Å²) in [6, 6.07) is 1.87. The van der Waals surface area contributed by atoms with E-state index in [1.165, 1.54) is 0 Å². The second-order valence-corrected chi connectivity index (χ2v) is 4.32. The highest BCUT2D eigenvalue weighted by molar-refractivity contribution is 5.89. The van der Waals surface area contributed by atoms with Crippen LogP contribution in [0.5, 0.6) is 0 Å². The highest BCUT2D eigenvalue weighted by Crippen LogP contribution is 2.15. The van der Waals surface area contributed by atoms with Crippen LogP contribution in [0.3, 0.4) is 0 Å². The molecule has 4 nitrogen and oxygen atoms in total. The van der Waals surface area contributed by atoms with Crippen molar-refractivity contribution in [2.75, 3.05) is 5.32 Å². The molecule has 1 aromatic heterocycles. The maximum Gasteiger partial charge on any atom is 0.225 e. The van der Waals surface area contributed by atoms with E-state index in [4.69, 9.17) is 6.42 Å². The van der Waals surface area contributed by atoms with Crippen molar-refractivity contribution in [3.05, 3.63) is 11.8 Å². The van der Waals surface area contributed by atoms with Gasteiger partial charge in [0.05, 0.1) is 0 Å². The number of unbranched alkanes of at least 4 members (excludes halogenated alkanes) is 2. The quantitative estimate of drug-likeness (QED) is 0.586. The Morgan fingerprint density at radius 3 is 2.94 bits per heavy atom. The Labute approximate surface area is 102 Å². The SMILES string of the molecule is C#CCCCCC(=O)Nc1cc(C(C)C)[nH]n1. The zero-order valence-electron chi connectivity index (χ0n) is 10.4. The summed E-state index contributed by atoms with van der Waals surface area (Å²) in [7, 11) is 0. The predicted octanol–water partition coefficient (Wildman–Crippen LogP) is 2.67. The Morgan fingerprint density at radius 1 is 1.59 bits per heavy atom. The molecule has 17 heavy (non-hydrogen) atoms. The summed E-state index contributed by atoms with van der Waals surface area (Å²) in [5, 5.41) is 9.69. The second kappa shape index (κ2) is 6.74. The number of carbonyl (C=O) groups excluding carboxylic acids is 1. The van der Waals surface area contributed by atoms with E-state index in [-0.39, 0.29) is 5.91 Å². The Hall–Kier alpha value is -1.76. The van der Waals surface area contributed by atoms with Crippen LogP contribution in [-0.2, 0) is 4.79 Å². The molecule has 1 heterocycles. The van der Waals surface area contributed by atoms with Crippen LogP contribution in [0.2, 0.25) is 0 Å². The number of terminal acetylenes is 1. The fourth-order valence-electron chi connectivity index (χ4n) is 1.41. The minimum Gasteiger partial charge on any atom is -0.309 e. The number of carbonyl (C=O) groups is 1. The molecule has 92 valence electrons. The Bertz CT molecular complexity index is 401. The zero-order valence-corrected chi connectivity index (χ0v) is 10.4. The third-order valence-corrected chi connectivity index (χ3v) is 2.46. The molecule has 1 amide bonds. The summed E-state index contributed by atoms with van der Waals surface area (Å²) >= 11 is 0. The van der Waals surface area contributed by atoms with Gasteiger partial charge in [0.15, 0.2) is 5.82 Å². The van der Waals surface area contributed by atoms with E-state index in [1.54, 1.807) is 0 Å². The van der Waals surface area contributed by atoms with Gasteiger partial charge in [-0.05, 0) is 18.8 Å². The second-order valence-electron chi connectivity index (χ2n) is 4.32. The number of H-pyrrole nitrogens is 1. The van der Waals surface area contributed by atoms with E-state index in [0.717, 1.165) is 25.0 Å². The molecule has 0 radical (unpaired) electrons. The number of anilines is 1. The number of aromatic amines is 1. The average Bonchev–Trinajstić information content (AvgIpc) is 2.73. The van der Waals surface area contributed by atoms with Gasteiger partial charge in [0.1, 0.15) is 0 Å². The first kappa shape index (κ1) is 13.3. The van der Waals surface area contributed by atoms with Crippen LogP contribution in [0.15, 0.2) is 6.07 Å². The molecule has 0 bridgehead atoms. The normalized spacial score (nSPS) is 10.2. The maximum absolute atomic E-state index is 11.5.